The van der Waals surface area contributed by atoms with Gasteiger partial charge < -0.3 is 16.4 Å². The Morgan fingerprint density at radius 1 is 1.10 bits per heavy atom. The Morgan fingerprint density at radius 2 is 1.71 bits per heavy atom. The van der Waals surface area contributed by atoms with Crippen molar-refractivity contribution in [1.29, 1.82) is 0 Å². The van der Waals surface area contributed by atoms with E-state index in [2.05, 4.69) is 10.6 Å². The number of carbonyl (C=O) groups is 1. The van der Waals surface area contributed by atoms with Gasteiger partial charge in [0.15, 0.2) is 5.82 Å². The highest BCUT2D eigenvalue weighted by Gasteiger charge is 2.11. The Labute approximate surface area is 121 Å². The molecule has 1 amide bonds. The van der Waals surface area contributed by atoms with Gasteiger partial charge in [-0.1, -0.05) is 12.1 Å². The highest BCUT2D eigenvalue weighted by molar-refractivity contribution is 5.92. The summed E-state index contributed by atoms with van der Waals surface area (Å²) in [5, 5.41) is 5.33. The molecule has 2 rings (SSSR count). The number of carbonyl (C=O) groups excluding carboxylic acids is 1. The molecular weight excluding hydrogens is 276 g/mol. The van der Waals surface area contributed by atoms with Crippen LogP contribution in [0.2, 0.25) is 0 Å². The van der Waals surface area contributed by atoms with Gasteiger partial charge in [0.2, 0.25) is 5.91 Å². The topological polar surface area (TPSA) is 67.2 Å². The molecule has 0 aliphatic heterocycles. The summed E-state index contributed by atoms with van der Waals surface area (Å²) in [7, 11) is 0. The van der Waals surface area contributed by atoms with E-state index in [9.17, 15) is 13.6 Å². The van der Waals surface area contributed by atoms with Crippen LogP contribution < -0.4 is 16.4 Å². The summed E-state index contributed by atoms with van der Waals surface area (Å²) in [6.45, 7) is 1.65. The molecule has 0 saturated carbocycles. The molecule has 0 aliphatic rings. The predicted octanol–water partition coefficient (Wildman–Crippen LogP) is 3.12. The average molecular weight is 291 g/mol. The second-order valence-electron chi connectivity index (χ2n) is 4.55. The van der Waals surface area contributed by atoms with Crippen molar-refractivity contribution >= 4 is 23.0 Å². The summed E-state index contributed by atoms with van der Waals surface area (Å²) in [5.41, 5.74) is 6.76. The summed E-state index contributed by atoms with van der Waals surface area (Å²) in [5.74, 6) is -1.29. The Morgan fingerprint density at radius 3 is 2.33 bits per heavy atom. The van der Waals surface area contributed by atoms with Crippen LogP contribution in [0.3, 0.4) is 0 Å². The number of benzene rings is 2. The van der Waals surface area contributed by atoms with Crippen molar-refractivity contribution in [3.8, 4) is 0 Å². The molecule has 2 aromatic rings. The molecule has 110 valence electrons. The lowest BCUT2D eigenvalue weighted by Crippen LogP contribution is -2.10. The third kappa shape index (κ3) is 3.68. The maximum atomic E-state index is 14.1. The van der Waals surface area contributed by atoms with Crippen LogP contribution in [0.25, 0.3) is 0 Å². The first-order valence-electron chi connectivity index (χ1n) is 6.31. The van der Waals surface area contributed by atoms with E-state index in [1.807, 2.05) is 0 Å². The Balaban J connectivity index is 2.12. The van der Waals surface area contributed by atoms with Crippen molar-refractivity contribution in [1.82, 2.24) is 0 Å². The van der Waals surface area contributed by atoms with Gasteiger partial charge in [-0.15, -0.1) is 0 Å². The second-order valence-corrected chi connectivity index (χ2v) is 4.55. The molecule has 6 heteroatoms. The molecule has 0 aliphatic carbocycles. The number of nitrogen functional groups attached to an aromatic ring is 1. The molecule has 2 aromatic carbocycles. The standard InChI is InChI=1S/C15H15F2N3O/c1-9(21)20-13-7-6-12(14(17)15(13)18)19-8-10-2-4-11(16)5-3-10/h2-7,19H,8,18H2,1H3,(H,20,21). The first-order chi connectivity index (χ1) is 9.97. The van der Waals surface area contributed by atoms with Crippen LogP contribution in [0.1, 0.15) is 12.5 Å². The smallest absolute Gasteiger partial charge is 0.221 e. The van der Waals surface area contributed by atoms with Crippen LogP contribution >= 0.6 is 0 Å². The molecule has 0 atom stereocenters. The Hall–Kier alpha value is -2.63. The van der Waals surface area contributed by atoms with Gasteiger partial charge >= 0.3 is 0 Å². The molecule has 0 aromatic heterocycles. The molecule has 0 heterocycles. The summed E-state index contributed by atoms with van der Waals surface area (Å²) in [6.07, 6.45) is 0. The molecular formula is C15H15F2N3O. The van der Waals surface area contributed by atoms with Crippen molar-refractivity contribution in [2.24, 2.45) is 0 Å². The van der Waals surface area contributed by atoms with Gasteiger partial charge in [-0.25, -0.2) is 8.78 Å². The molecule has 0 spiro atoms. The average Bonchev–Trinajstić information content (AvgIpc) is 2.44. The normalized spacial score (nSPS) is 10.2. The number of hydrogen-bond acceptors (Lipinski definition) is 3. The monoisotopic (exact) mass is 291 g/mol. The summed E-state index contributed by atoms with van der Waals surface area (Å²) >= 11 is 0. The number of amides is 1. The predicted molar refractivity (Wildman–Crippen MR) is 78.8 cm³/mol. The summed E-state index contributed by atoms with van der Waals surface area (Å²) < 4.78 is 26.9. The van der Waals surface area contributed by atoms with Crippen molar-refractivity contribution < 1.29 is 13.6 Å². The van der Waals surface area contributed by atoms with E-state index in [0.717, 1.165) is 5.56 Å². The van der Waals surface area contributed by atoms with E-state index >= 15 is 0 Å². The van der Waals surface area contributed by atoms with Crippen molar-refractivity contribution in [3.63, 3.8) is 0 Å². The number of anilines is 3. The zero-order valence-corrected chi connectivity index (χ0v) is 11.4. The SMILES string of the molecule is CC(=O)Nc1ccc(NCc2ccc(F)cc2)c(F)c1N. The third-order valence-corrected chi connectivity index (χ3v) is 2.89. The fourth-order valence-electron chi connectivity index (χ4n) is 1.83. The van der Waals surface area contributed by atoms with E-state index < -0.39 is 5.82 Å². The van der Waals surface area contributed by atoms with Gasteiger partial charge in [0.1, 0.15) is 5.82 Å². The quantitative estimate of drug-likeness (QED) is 0.758. The van der Waals surface area contributed by atoms with Gasteiger partial charge in [-0.2, -0.15) is 0 Å². The van der Waals surface area contributed by atoms with Crippen LogP contribution in [-0.2, 0) is 11.3 Å². The Bertz CT molecular complexity index is 657. The van der Waals surface area contributed by atoms with E-state index in [-0.39, 0.29) is 28.8 Å². The number of halogens is 2. The first-order valence-corrected chi connectivity index (χ1v) is 6.31. The molecule has 0 saturated heterocycles. The van der Waals surface area contributed by atoms with E-state index in [1.165, 1.54) is 31.2 Å². The molecule has 0 radical (unpaired) electrons. The van der Waals surface area contributed by atoms with Crippen LogP contribution in [0, 0.1) is 11.6 Å². The highest BCUT2D eigenvalue weighted by Crippen LogP contribution is 2.28. The van der Waals surface area contributed by atoms with Gasteiger partial charge in [-0.3, -0.25) is 4.79 Å². The highest BCUT2D eigenvalue weighted by atomic mass is 19.1. The zero-order chi connectivity index (χ0) is 15.4. The minimum Gasteiger partial charge on any atom is -0.395 e. The van der Waals surface area contributed by atoms with Crippen molar-refractivity contribution in [2.75, 3.05) is 16.4 Å². The van der Waals surface area contributed by atoms with Gasteiger partial charge in [0.25, 0.3) is 0 Å². The minimum absolute atomic E-state index is 0.130. The van der Waals surface area contributed by atoms with Gasteiger partial charge in [0.05, 0.1) is 17.1 Å². The van der Waals surface area contributed by atoms with E-state index in [1.54, 1.807) is 12.1 Å². The molecule has 21 heavy (non-hydrogen) atoms. The number of hydrogen-bond donors (Lipinski definition) is 3. The lowest BCUT2D eigenvalue weighted by Gasteiger charge is -2.12. The largest absolute Gasteiger partial charge is 0.395 e. The maximum absolute atomic E-state index is 14.1. The van der Waals surface area contributed by atoms with E-state index in [4.69, 9.17) is 5.73 Å². The third-order valence-electron chi connectivity index (χ3n) is 2.89. The van der Waals surface area contributed by atoms with Crippen LogP contribution in [0.4, 0.5) is 25.8 Å². The second kappa shape index (κ2) is 6.21. The molecule has 4 N–H and O–H groups in total. The van der Waals surface area contributed by atoms with Crippen molar-refractivity contribution in [2.45, 2.75) is 13.5 Å². The fourth-order valence-corrected chi connectivity index (χ4v) is 1.83. The molecule has 0 bridgehead atoms. The molecule has 0 unspecified atom stereocenters. The first kappa shape index (κ1) is 14.8. The van der Waals surface area contributed by atoms with Crippen LogP contribution in [0.15, 0.2) is 36.4 Å². The van der Waals surface area contributed by atoms with Crippen molar-refractivity contribution in [3.05, 3.63) is 53.6 Å². The van der Waals surface area contributed by atoms with Crippen LogP contribution in [-0.4, -0.2) is 5.91 Å². The number of nitrogens with two attached hydrogens (primary N) is 1. The fraction of sp³-hybridized carbons (Fsp3) is 0.133. The van der Waals surface area contributed by atoms with E-state index in [0.29, 0.717) is 6.54 Å². The zero-order valence-electron chi connectivity index (χ0n) is 11.4. The lowest BCUT2D eigenvalue weighted by atomic mass is 10.2. The molecule has 4 nitrogen and oxygen atoms in total. The lowest BCUT2D eigenvalue weighted by molar-refractivity contribution is -0.114. The van der Waals surface area contributed by atoms with Gasteiger partial charge in [-0.05, 0) is 29.8 Å². The summed E-state index contributed by atoms with van der Waals surface area (Å²) in [4.78, 5) is 11.0. The van der Waals surface area contributed by atoms with Crippen LogP contribution in [0.5, 0.6) is 0 Å². The molecule has 0 fully saturated rings. The number of nitrogens with one attached hydrogen (secondary N) is 2. The number of rotatable bonds is 4. The Kier molecular flexibility index (Phi) is 4.37. The minimum atomic E-state index is -0.636. The maximum Gasteiger partial charge on any atom is 0.221 e. The summed E-state index contributed by atoms with van der Waals surface area (Å²) in [6, 6.07) is 8.89. The van der Waals surface area contributed by atoms with Gasteiger partial charge in [0, 0.05) is 13.5 Å².